The van der Waals surface area contributed by atoms with Crippen molar-refractivity contribution in [2.45, 2.75) is 31.2 Å². The first kappa shape index (κ1) is 20.6. The molecule has 3 N–H and O–H groups in total. The summed E-state index contributed by atoms with van der Waals surface area (Å²) in [6, 6.07) is 9.96. The SMILES string of the molecule is COc1ccc(CN2C(=O)[C@@H]3[C@H]([C@@H](C)O)N[C@]4(C(=O)Nc5ccc(F)cc54)[C@@H]3C2=O)cc1. The highest BCUT2D eigenvalue weighted by Gasteiger charge is 2.71. The van der Waals surface area contributed by atoms with E-state index in [2.05, 4.69) is 10.6 Å². The lowest BCUT2D eigenvalue weighted by molar-refractivity contribution is -0.143. The van der Waals surface area contributed by atoms with Gasteiger partial charge in [0.1, 0.15) is 17.1 Å². The van der Waals surface area contributed by atoms with Crippen LogP contribution in [0.15, 0.2) is 42.5 Å². The van der Waals surface area contributed by atoms with E-state index in [0.717, 1.165) is 4.90 Å². The van der Waals surface area contributed by atoms with E-state index in [1.807, 2.05) is 0 Å². The Labute approximate surface area is 183 Å². The van der Waals surface area contributed by atoms with Crippen molar-refractivity contribution in [1.29, 1.82) is 0 Å². The molecule has 0 radical (unpaired) electrons. The summed E-state index contributed by atoms with van der Waals surface area (Å²) in [5, 5.41) is 16.1. The molecular weight excluding hydrogens is 417 g/mol. The number of amides is 3. The van der Waals surface area contributed by atoms with E-state index in [9.17, 15) is 23.9 Å². The van der Waals surface area contributed by atoms with Crippen molar-refractivity contribution in [3.05, 3.63) is 59.4 Å². The number of rotatable bonds is 4. The number of carbonyl (C=O) groups excluding carboxylic acids is 3. The Morgan fingerprint density at radius 3 is 2.53 bits per heavy atom. The predicted octanol–water partition coefficient (Wildman–Crippen LogP) is 1.14. The van der Waals surface area contributed by atoms with E-state index in [0.29, 0.717) is 17.0 Å². The van der Waals surface area contributed by atoms with Gasteiger partial charge in [-0.1, -0.05) is 12.1 Å². The van der Waals surface area contributed by atoms with Crippen LogP contribution in [-0.2, 0) is 26.5 Å². The Kier molecular flexibility index (Phi) is 4.58. The molecule has 3 amide bonds. The molecule has 0 bridgehead atoms. The molecule has 2 aromatic rings. The number of hydrogen-bond acceptors (Lipinski definition) is 6. The maximum absolute atomic E-state index is 14.1. The number of nitrogens with one attached hydrogen (secondary N) is 2. The number of anilines is 1. The topological polar surface area (TPSA) is 108 Å². The zero-order valence-corrected chi connectivity index (χ0v) is 17.5. The van der Waals surface area contributed by atoms with Gasteiger partial charge in [-0.2, -0.15) is 0 Å². The fourth-order valence-corrected chi connectivity index (χ4v) is 5.25. The summed E-state index contributed by atoms with van der Waals surface area (Å²) in [5.74, 6) is -3.52. The highest BCUT2D eigenvalue weighted by atomic mass is 19.1. The Balaban J connectivity index is 1.58. The van der Waals surface area contributed by atoms with Crippen LogP contribution in [0.2, 0.25) is 0 Å². The third-order valence-electron chi connectivity index (χ3n) is 6.72. The lowest BCUT2D eigenvalue weighted by Crippen LogP contribution is -2.54. The number of aliphatic hydroxyl groups is 1. The molecule has 2 fully saturated rings. The van der Waals surface area contributed by atoms with Gasteiger partial charge in [-0.15, -0.1) is 0 Å². The summed E-state index contributed by atoms with van der Waals surface area (Å²) in [5.41, 5.74) is -0.272. The molecule has 8 nitrogen and oxygen atoms in total. The molecular formula is C23H22FN3O5. The first-order valence-corrected chi connectivity index (χ1v) is 10.3. The van der Waals surface area contributed by atoms with E-state index in [4.69, 9.17) is 4.74 Å². The van der Waals surface area contributed by atoms with Crippen molar-refractivity contribution in [3.63, 3.8) is 0 Å². The number of carbonyl (C=O) groups is 3. The van der Waals surface area contributed by atoms with Gasteiger partial charge < -0.3 is 15.2 Å². The van der Waals surface area contributed by atoms with E-state index in [1.54, 1.807) is 31.4 Å². The molecule has 0 aliphatic carbocycles. The molecule has 1 spiro atoms. The number of imide groups is 1. The summed E-state index contributed by atoms with van der Waals surface area (Å²) in [6.07, 6.45) is -1.02. The van der Waals surface area contributed by atoms with Gasteiger partial charge in [0.05, 0.1) is 31.6 Å². The van der Waals surface area contributed by atoms with Crippen LogP contribution in [0.1, 0.15) is 18.1 Å². The summed E-state index contributed by atoms with van der Waals surface area (Å²) >= 11 is 0. The Bertz CT molecular complexity index is 1130. The maximum atomic E-state index is 14.1. The molecule has 3 aliphatic rings. The molecule has 2 saturated heterocycles. The Hall–Kier alpha value is -3.30. The number of benzene rings is 2. The summed E-state index contributed by atoms with van der Waals surface area (Å²) in [7, 11) is 1.54. The van der Waals surface area contributed by atoms with Gasteiger partial charge >= 0.3 is 0 Å². The van der Waals surface area contributed by atoms with E-state index < -0.39 is 53.1 Å². The second kappa shape index (κ2) is 7.11. The van der Waals surface area contributed by atoms with Crippen LogP contribution >= 0.6 is 0 Å². The second-order valence-electron chi connectivity index (χ2n) is 8.48. The molecule has 0 aromatic heterocycles. The molecule has 166 valence electrons. The first-order valence-electron chi connectivity index (χ1n) is 10.3. The zero-order valence-electron chi connectivity index (χ0n) is 17.5. The highest BCUT2D eigenvalue weighted by molar-refractivity contribution is 6.15. The standard InChI is InChI=1S/C23H22FN3O5/c1-11(28)19-17-18(23(26-19)15-9-13(24)5-8-16(15)25-22(23)31)21(30)27(20(17)29)10-12-3-6-14(32-2)7-4-12/h3-9,11,17-19,26,28H,10H2,1-2H3,(H,25,31)/t11-,17+,18+,19+,23+/m1/s1. The van der Waals surface area contributed by atoms with Crippen LogP contribution in [0.3, 0.4) is 0 Å². The number of fused-ring (bicyclic) bond motifs is 4. The molecule has 5 atom stereocenters. The number of hydrogen-bond donors (Lipinski definition) is 3. The average molecular weight is 439 g/mol. The van der Waals surface area contributed by atoms with E-state index >= 15 is 0 Å². The minimum atomic E-state index is -1.63. The van der Waals surface area contributed by atoms with Crippen molar-refractivity contribution >= 4 is 23.4 Å². The average Bonchev–Trinajstić information content (AvgIpc) is 3.36. The third-order valence-corrected chi connectivity index (χ3v) is 6.72. The highest BCUT2D eigenvalue weighted by Crippen LogP contribution is 2.53. The van der Waals surface area contributed by atoms with Gasteiger partial charge in [-0.05, 0) is 42.8 Å². The van der Waals surface area contributed by atoms with Crippen LogP contribution in [0.4, 0.5) is 10.1 Å². The monoisotopic (exact) mass is 439 g/mol. The Morgan fingerprint density at radius 2 is 1.88 bits per heavy atom. The molecule has 32 heavy (non-hydrogen) atoms. The molecule has 0 unspecified atom stereocenters. The molecule has 0 saturated carbocycles. The summed E-state index contributed by atoms with van der Waals surface area (Å²) in [4.78, 5) is 41.3. The van der Waals surface area contributed by atoms with Gasteiger partial charge in [0.15, 0.2) is 0 Å². The number of methoxy groups -OCH3 is 1. The minimum absolute atomic E-state index is 0.0227. The lowest BCUT2D eigenvalue weighted by Gasteiger charge is -2.30. The van der Waals surface area contributed by atoms with Gasteiger partial charge in [0.2, 0.25) is 17.7 Å². The molecule has 5 rings (SSSR count). The van der Waals surface area contributed by atoms with Crippen LogP contribution in [0, 0.1) is 17.7 Å². The summed E-state index contributed by atoms with van der Waals surface area (Å²) in [6.45, 7) is 1.52. The van der Waals surface area contributed by atoms with Crippen molar-refractivity contribution in [2.24, 2.45) is 11.8 Å². The van der Waals surface area contributed by atoms with Crippen molar-refractivity contribution in [3.8, 4) is 5.75 Å². The van der Waals surface area contributed by atoms with E-state index in [1.165, 1.54) is 25.1 Å². The fourth-order valence-electron chi connectivity index (χ4n) is 5.25. The van der Waals surface area contributed by atoms with E-state index in [-0.39, 0.29) is 12.1 Å². The van der Waals surface area contributed by atoms with Gasteiger partial charge in [-0.3, -0.25) is 24.6 Å². The second-order valence-corrected chi connectivity index (χ2v) is 8.48. The van der Waals surface area contributed by atoms with Crippen LogP contribution in [0.25, 0.3) is 0 Å². The van der Waals surface area contributed by atoms with Gasteiger partial charge in [0, 0.05) is 17.3 Å². The number of ether oxygens (including phenoxy) is 1. The van der Waals surface area contributed by atoms with Gasteiger partial charge in [0.25, 0.3) is 0 Å². The third kappa shape index (κ3) is 2.71. The quantitative estimate of drug-likeness (QED) is 0.617. The largest absolute Gasteiger partial charge is 0.497 e. The van der Waals surface area contributed by atoms with Crippen molar-refractivity contribution < 1.29 is 28.6 Å². The summed E-state index contributed by atoms with van der Waals surface area (Å²) < 4.78 is 19.3. The lowest BCUT2D eigenvalue weighted by atomic mass is 9.76. The normalized spacial score (nSPS) is 29.3. The molecule has 9 heteroatoms. The van der Waals surface area contributed by atoms with Crippen LogP contribution in [0.5, 0.6) is 5.75 Å². The maximum Gasteiger partial charge on any atom is 0.250 e. The van der Waals surface area contributed by atoms with Crippen LogP contribution in [-0.4, -0.2) is 47.0 Å². The molecule has 3 heterocycles. The smallest absolute Gasteiger partial charge is 0.250 e. The molecule has 2 aromatic carbocycles. The van der Waals surface area contributed by atoms with Crippen molar-refractivity contribution in [1.82, 2.24) is 10.2 Å². The fraction of sp³-hybridized carbons (Fsp3) is 0.348. The predicted molar refractivity (Wildman–Crippen MR) is 111 cm³/mol. The Morgan fingerprint density at radius 1 is 1.16 bits per heavy atom. The number of halogens is 1. The first-order chi connectivity index (χ1) is 15.3. The van der Waals surface area contributed by atoms with Crippen molar-refractivity contribution in [2.75, 3.05) is 12.4 Å². The number of nitrogens with zero attached hydrogens (tertiary/aromatic N) is 1. The molecule has 3 aliphatic heterocycles. The minimum Gasteiger partial charge on any atom is -0.497 e. The number of likely N-dealkylation sites (tertiary alicyclic amines) is 1. The zero-order chi connectivity index (χ0) is 22.8. The van der Waals surface area contributed by atoms with Crippen LogP contribution < -0.4 is 15.4 Å². The van der Waals surface area contributed by atoms with Gasteiger partial charge in [-0.25, -0.2) is 4.39 Å². The number of aliphatic hydroxyl groups excluding tert-OH is 1.